The minimum Gasteiger partial charge on any atom is -0.378 e. The summed E-state index contributed by atoms with van der Waals surface area (Å²) in [6.07, 6.45) is 5.25. The van der Waals surface area contributed by atoms with Crippen molar-refractivity contribution in [1.29, 1.82) is 0 Å². The van der Waals surface area contributed by atoms with Crippen LogP contribution in [0.4, 0.5) is 5.69 Å². The van der Waals surface area contributed by atoms with Crippen LogP contribution in [0.15, 0.2) is 18.5 Å². The first-order valence-electron chi connectivity index (χ1n) is 6.59. The fourth-order valence-corrected chi connectivity index (χ4v) is 2.48. The number of ether oxygens (including phenoxy) is 1. The number of rotatable bonds is 2. The molecule has 1 aliphatic heterocycles. The molecular weight excluding hydrogens is 226 g/mol. The summed E-state index contributed by atoms with van der Waals surface area (Å²) in [5.41, 5.74) is 4.72. The highest BCUT2D eigenvalue weighted by atomic mass is 16.5. The second kappa shape index (κ2) is 4.61. The van der Waals surface area contributed by atoms with Crippen LogP contribution in [-0.4, -0.2) is 35.7 Å². The molecule has 0 radical (unpaired) electrons. The van der Waals surface area contributed by atoms with Gasteiger partial charge in [-0.15, -0.1) is 0 Å². The lowest BCUT2D eigenvalue weighted by Gasteiger charge is -2.29. The van der Waals surface area contributed by atoms with Gasteiger partial charge in [0.25, 0.3) is 0 Å². The van der Waals surface area contributed by atoms with Crippen molar-refractivity contribution in [3.8, 4) is 0 Å². The quantitative estimate of drug-likeness (QED) is 0.811. The molecule has 0 saturated carbocycles. The van der Waals surface area contributed by atoms with Gasteiger partial charge in [-0.2, -0.15) is 0 Å². The molecule has 0 atom stereocenters. The summed E-state index contributed by atoms with van der Waals surface area (Å²) in [5, 5.41) is 0. The monoisotopic (exact) mass is 245 g/mol. The van der Waals surface area contributed by atoms with E-state index in [9.17, 15) is 0 Å². The molecule has 4 heteroatoms. The molecule has 1 saturated heterocycles. The Balaban J connectivity index is 2.10. The first-order valence-corrected chi connectivity index (χ1v) is 6.59. The van der Waals surface area contributed by atoms with Gasteiger partial charge in [-0.25, -0.2) is 4.98 Å². The number of aromatic nitrogens is 2. The molecule has 4 nitrogen and oxygen atoms in total. The molecule has 0 aromatic carbocycles. The van der Waals surface area contributed by atoms with Crippen LogP contribution in [0.1, 0.15) is 18.2 Å². The molecule has 0 N–H and O–H groups in total. The van der Waals surface area contributed by atoms with E-state index in [0.29, 0.717) is 0 Å². The van der Waals surface area contributed by atoms with Crippen molar-refractivity contribution in [3.05, 3.63) is 29.7 Å². The molecule has 0 aliphatic carbocycles. The van der Waals surface area contributed by atoms with Gasteiger partial charge in [0, 0.05) is 25.5 Å². The van der Waals surface area contributed by atoms with E-state index in [1.165, 1.54) is 11.3 Å². The van der Waals surface area contributed by atoms with Crippen molar-refractivity contribution in [1.82, 2.24) is 9.38 Å². The maximum absolute atomic E-state index is 5.42. The standard InChI is InChI=1S/C14H19N3O/c1-3-12-10-17-9-11(2)8-13(14(17)15-12)16-4-6-18-7-5-16/h8-10H,3-7H2,1-2H3. The lowest BCUT2D eigenvalue weighted by molar-refractivity contribution is 0.123. The zero-order valence-electron chi connectivity index (χ0n) is 11.0. The lowest BCUT2D eigenvalue weighted by Crippen LogP contribution is -2.36. The van der Waals surface area contributed by atoms with Crippen molar-refractivity contribution in [2.24, 2.45) is 0 Å². The summed E-state index contributed by atoms with van der Waals surface area (Å²) < 4.78 is 7.57. The van der Waals surface area contributed by atoms with E-state index in [4.69, 9.17) is 9.72 Å². The smallest absolute Gasteiger partial charge is 0.160 e. The predicted octanol–water partition coefficient (Wildman–Crippen LogP) is 2.04. The number of morpholine rings is 1. The highest BCUT2D eigenvalue weighted by Gasteiger charge is 2.16. The van der Waals surface area contributed by atoms with Crippen LogP contribution >= 0.6 is 0 Å². The van der Waals surface area contributed by atoms with Gasteiger partial charge in [0.05, 0.1) is 24.6 Å². The van der Waals surface area contributed by atoms with Gasteiger partial charge < -0.3 is 14.0 Å². The molecule has 96 valence electrons. The Labute approximate surface area is 107 Å². The van der Waals surface area contributed by atoms with Gasteiger partial charge in [-0.1, -0.05) is 6.92 Å². The summed E-state index contributed by atoms with van der Waals surface area (Å²) in [4.78, 5) is 7.10. The van der Waals surface area contributed by atoms with E-state index in [2.05, 4.69) is 41.6 Å². The summed E-state index contributed by atoms with van der Waals surface area (Å²) in [6, 6.07) is 2.23. The van der Waals surface area contributed by atoms with Crippen molar-refractivity contribution >= 4 is 11.3 Å². The van der Waals surface area contributed by atoms with Gasteiger partial charge in [0.1, 0.15) is 0 Å². The van der Waals surface area contributed by atoms with Crippen LogP contribution in [-0.2, 0) is 11.2 Å². The molecule has 3 rings (SSSR count). The van der Waals surface area contributed by atoms with Gasteiger partial charge in [0.15, 0.2) is 5.65 Å². The average molecular weight is 245 g/mol. The third-order valence-electron chi connectivity index (χ3n) is 3.43. The van der Waals surface area contributed by atoms with E-state index in [1.807, 2.05) is 0 Å². The summed E-state index contributed by atoms with van der Waals surface area (Å²) in [6.45, 7) is 7.79. The Kier molecular flexibility index (Phi) is 2.96. The molecule has 0 spiro atoms. The van der Waals surface area contributed by atoms with Crippen LogP contribution in [0.5, 0.6) is 0 Å². The van der Waals surface area contributed by atoms with Gasteiger partial charge >= 0.3 is 0 Å². The average Bonchev–Trinajstić information content (AvgIpc) is 2.81. The number of pyridine rings is 1. The van der Waals surface area contributed by atoms with Crippen molar-refractivity contribution in [2.75, 3.05) is 31.2 Å². The van der Waals surface area contributed by atoms with Gasteiger partial charge in [-0.05, 0) is 25.0 Å². The molecule has 1 fully saturated rings. The molecule has 18 heavy (non-hydrogen) atoms. The predicted molar refractivity (Wildman–Crippen MR) is 72.3 cm³/mol. The number of fused-ring (bicyclic) bond motifs is 1. The number of anilines is 1. The molecule has 3 heterocycles. The SMILES string of the molecule is CCc1cn2cc(C)cc(N3CCOCC3)c2n1. The Morgan fingerprint density at radius 1 is 1.28 bits per heavy atom. The fraction of sp³-hybridized carbons (Fsp3) is 0.500. The number of hydrogen-bond acceptors (Lipinski definition) is 3. The zero-order chi connectivity index (χ0) is 12.5. The van der Waals surface area contributed by atoms with Crippen LogP contribution in [0.2, 0.25) is 0 Å². The van der Waals surface area contributed by atoms with Crippen LogP contribution in [0.25, 0.3) is 5.65 Å². The second-order valence-electron chi connectivity index (χ2n) is 4.82. The van der Waals surface area contributed by atoms with E-state index >= 15 is 0 Å². The number of hydrogen-bond donors (Lipinski definition) is 0. The first kappa shape index (κ1) is 11.5. The van der Waals surface area contributed by atoms with Crippen molar-refractivity contribution in [2.45, 2.75) is 20.3 Å². The van der Waals surface area contributed by atoms with Gasteiger partial charge in [0.2, 0.25) is 0 Å². The molecule has 1 aliphatic rings. The molecule has 0 bridgehead atoms. The Bertz CT molecular complexity index is 555. The molecule has 2 aromatic heterocycles. The second-order valence-corrected chi connectivity index (χ2v) is 4.82. The van der Waals surface area contributed by atoms with Gasteiger partial charge in [-0.3, -0.25) is 0 Å². The van der Waals surface area contributed by atoms with Crippen LogP contribution in [0, 0.1) is 6.92 Å². The fourth-order valence-electron chi connectivity index (χ4n) is 2.48. The molecule has 0 amide bonds. The largest absolute Gasteiger partial charge is 0.378 e. The molecular formula is C14H19N3O. The summed E-state index contributed by atoms with van der Waals surface area (Å²) in [7, 11) is 0. The van der Waals surface area contributed by atoms with E-state index in [-0.39, 0.29) is 0 Å². The first-order chi connectivity index (χ1) is 8.78. The third kappa shape index (κ3) is 1.97. The lowest BCUT2D eigenvalue weighted by atomic mass is 10.2. The number of imidazole rings is 1. The zero-order valence-corrected chi connectivity index (χ0v) is 11.0. The third-order valence-corrected chi connectivity index (χ3v) is 3.43. The van der Waals surface area contributed by atoms with Crippen molar-refractivity contribution in [3.63, 3.8) is 0 Å². The molecule has 2 aromatic rings. The van der Waals surface area contributed by atoms with Crippen LogP contribution < -0.4 is 4.90 Å². The normalized spacial score (nSPS) is 16.4. The minimum atomic E-state index is 0.807. The number of nitrogens with zero attached hydrogens (tertiary/aromatic N) is 3. The summed E-state index contributed by atoms with van der Waals surface area (Å²) in [5.74, 6) is 0. The maximum atomic E-state index is 5.42. The topological polar surface area (TPSA) is 29.8 Å². The van der Waals surface area contributed by atoms with E-state index in [0.717, 1.165) is 44.1 Å². The van der Waals surface area contributed by atoms with Crippen LogP contribution in [0.3, 0.4) is 0 Å². The van der Waals surface area contributed by atoms with E-state index < -0.39 is 0 Å². The number of aryl methyl sites for hydroxylation is 2. The Morgan fingerprint density at radius 2 is 2.06 bits per heavy atom. The Morgan fingerprint density at radius 3 is 2.78 bits per heavy atom. The van der Waals surface area contributed by atoms with Crippen molar-refractivity contribution < 1.29 is 4.74 Å². The molecule has 0 unspecified atom stereocenters. The highest BCUT2D eigenvalue weighted by molar-refractivity contribution is 5.70. The Hall–Kier alpha value is -1.55. The maximum Gasteiger partial charge on any atom is 0.160 e. The highest BCUT2D eigenvalue weighted by Crippen LogP contribution is 2.24. The van der Waals surface area contributed by atoms with E-state index in [1.54, 1.807) is 0 Å². The minimum absolute atomic E-state index is 0.807. The summed E-state index contributed by atoms with van der Waals surface area (Å²) >= 11 is 0.